The van der Waals surface area contributed by atoms with Gasteiger partial charge in [0.1, 0.15) is 5.82 Å². The Morgan fingerprint density at radius 2 is 2.27 bits per heavy atom. The van der Waals surface area contributed by atoms with Gasteiger partial charge in [0.2, 0.25) is 5.91 Å². The molecule has 0 radical (unpaired) electrons. The zero-order valence-corrected chi connectivity index (χ0v) is 14.1. The van der Waals surface area contributed by atoms with E-state index >= 15 is 0 Å². The molecule has 1 aromatic heterocycles. The molecular weight excluding hydrogens is 280 g/mol. The lowest BCUT2D eigenvalue weighted by Gasteiger charge is -2.35. The first kappa shape index (κ1) is 17.0. The van der Waals surface area contributed by atoms with E-state index in [1.807, 2.05) is 17.7 Å². The molecule has 0 bridgehead atoms. The highest BCUT2D eigenvalue weighted by Crippen LogP contribution is 2.18. The number of amides is 1. The Bertz CT molecular complexity index is 488. The third-order valence-electron chi connectivity index (χ3n) is 4.48. The minimum atomic E-state index is -0.168. The lowest BCUT2D eigenvalue weighted by Crippen LogP contribution is -2.50. The summed E-state index contributed by atoms with van der Waals surface area (Å²) < 4.78 is 7.54. The molecule has 6 nitrogen and oxygen atoms in total. The molecule has 1 aromatic rings. The lowest BCUT2D eigenvalue weighted by molar-refractivity contribution is -0.124. The number of carbonyl (C=O) groups excluding carboxylic acids is 1. The molecule has 1 amide bonds. The monoisotopic (exact) mass is 308 g/mol. The molecule has 1 aliphatic rings. The molecule has 6 heteroatoms. The molecule has 0 aromatic carbocycles. The fraction of sp³-hybridized carbons (Fsp3) is 0.750. The van der Waals surface area contributed by atoms with E-state index in [4.69, 9.17) is 4.74 Å². The molecule has 2 rings (SSSR count). The Hall–Kier alpha value is -1.40. The summed E-state index contributed by atoms with van der Waals surface area (Å²) in [6, 6.07) is 1.96. The van der Waals surface area contributed by atoms with Crippen molar-refractivity contribution in [2.75, 3.05) is 25.0 Å². The summed E-state index contributed by atoms with van der Waals surface area (Å²) in [5.74, 6) is 0.785. The van der Waals surface area contributed by atoms with Crippen LogP contribution in [0.1, 0.15) is 46.6 Å². The summed E-state index contributed by atoms with van der Waals surface area (Å²) in [4.78, 5) is 14.7. The summed E-state index contributed by atoms with van der Waals surface area (Å²) >= 11 is 0. The zero-order chi connectivity index (χ0) is 16.1. The average Bonchev–Trinajstić information content (AvgIpc) is 3.01. The second kappa shape index (κ2) is 7.74. The van der Waals surface area contributed by atoms with Gasteiger partial charge in [-0.25, -0.2) is 4.68 Å². The Morgan fingerprint density at radius 1 is 1.50 bits per heavy atom. The fourth-order valence-corrected chi connectivity index (χ4v) is 2.67. The molecule has 3 atom stereocenters. The largest absolute Gasteiger partial charge is 0.376 e. The number of ether oxygens (including phenoxy) is 1. The van der Waals surface area contributed by atoms with E-state index in [2.05, 4.69) is 36.1 Å². The van der Waals surface area contributed by atoms with Crippen LogP contribution in [0.4, 0.5) is 5.82 Å². The van der Waals surface area contributed by atoms with Gasteiger partial charge in [-0.3, -0.25) is 9.69 Å². The van der Waals surface area contributed by atoms with E-state index in [9.17, 15) is 4.79 Å². The zero-order valence-electron chi connectivity index (χ0n) is 14.1. The van der Waals surface area contributed by atoms with Gasteiger partial charge >= 0.3 is 0 Å². The van der Waals surface area contributed by atoms with Gasteiger partial charge in [-0.2, -0.15) is 5.10 Å². The Balaban J connectivity index is 1.98. The summed E-state index contributed by atoms with van der Waals surface area (Å²) in [6.45, 7) is 10.6. The summed E-state index contributed by atoms with van der Waals surface area (Å²) in [7, 11) is 0. The number of nitrogens with one attached hydrogen (secondary N) is 1. The van der Waals surface area contributed by atoms with Crippen molar-refractivity contribution in [2.24, 2.45) is 0 Å². The third-order valence-corrected chi connectivity index (χ3v) is 4.48. The molecule has 22 heavy (non-hydrogen) atoms. The predicted molar refractivity (Wildman–Crippen MR) is 86.9 cm³/mol. The van der Waals surface area contributed by atoms with Gasteiger partial charge in [0.15, 0.2) is 0 Å². The number of aromatic nitrogens is 2. The van der Waals surface area contributed by atoms with Crippen LogP contribution in [0.15, 0.2) is 12.3 Å². The lowest BCUT2D eigenvalue weighted by atomic mass is 10.1. The first-order chi connectivity index (χ1) is 10.6. The second-order valence-corrected chi connectivity index (χ2v) is 5.98. The molecule has 124 valence electrons. The van der Waals surface area contributed by atoms with Crippen molar-refractivity contribution in [3.63, 3.8) is 0 Å². The van der Waals surface area contributed by atoms with Gasteiger partial charge in [-0.15, -0.1) is 0 Å². The van der Waals surface area contributed by atoms with Crippen molar-refractivity contribution in [1.29, 1.82) is 0 Å². The highest BCUT2D eigenvalue weighted by Gasteiger charge is 2.27. The van der Waals surface area contributed by atoms with Gasteiger partial charge in [0.25, 0.3) is 0 Å². The summed E-state index contributed by atoms with van der Waals surface area (Å²) in [5, 5.41) is 7.32. The Morgan fingerprint density at radius 3 is 2.95 bits per heavy atom. The van der Waals surface area contributed by atoms with E-state index in [0.717, 1.165) is 31.7 Å². The van der Waals surface area contributed by atoms with E-state index < -0.39 is 0 Å². The molecule has 0 unspecified atom stereocenters. The van der Waals surface area contributed by atoms with Gasteiger partial charge in [-0.05, 0) is 26.7 Å². The van der Waals surface area contributed by atoms with Crippen molar-refractivity contribution in [1.82, 2.24) is 14.7 Å². The van der Waals surface area contributed by atoms with Crippen LogP contribution < -0.4 is 5.32 Å². The number of nitrogens with zero attached hydrogens (tertiary/aromatic N) is 3. The quantitative estimate of drug-likeness (QED) is 0.876. The highest BCUT2D eigenvalue weighted by molar-refractivity contribution is 5.93. The average molecular weight is 308 g/mol. The Labute approximate surface area is 132 Å². The minimum absolute atomic E-state index is 0.0156. The van der Waals surface area contributed by atoms with Crippen LogP contribution in [0.3, 0.4) is 0 Å². The first-order valence-electron chi connectivity index (χ1n) is 8.26. The van der Waals surface area contributed by atoms with Gasteiger partial charge in [0, 0.05) is 19.2 Å². The van der Waals surface area contributed by atoms with Crippen LogP contribution >= 0.6 is 0 Å². The number of anilines is 1. The first-order valence-corrected chi connectivity index (χ1v) is 8.26. The topological polar surface area (TPSA) is 59.4 Å². The normalized spacial score (nSPS) is 22.3. The molecular formula is C16H28N4O2. The maximum Gasteiger partial charge on any atom is 0.242 e. The number of morpholine rings is 1. The number of hydrogen-bond donors (Lipinski definition) is 1. The van der Waals surface area contributed by atoms with Crippen LogP contribution in [0.2, 0.25) is 0 Å². The molecule has 0 aliphatic carbocycles. The van der Waals surface area contributed by atoms with Crippen LogP contribution in [0.5, 0.6) is 0 Å². The molecule has 1 N–H and O–H groups in total. The fourth-order valence-electron chi connectivity index (χ4n) is 2.67. The van der Waals surface area contributed by atoms with Gasteiger partial charge in [0.05, 0.1) is 31.0 Å². The van der Waals surface area contributed by atoms with E-state index in [0.29, 0.717) is 6.61 Å². The van der Waals surface area contributed by atoms with E-state index in [1.165, 1.54) is 0 Å². The summed E-state index contributed by atoms with van der Waals surface area (Å²) in [6.07, 6.45) is 3.91. The van der Waals surface area contributed by atoms with Crippen molar-refractivity contribution in [2.45, 2.75) is 58.7 Å². The highest BCUT2D eigenvalue weighted by atomic mass is 16.5. The minimum Gasteiger partial charge on any atom is -0.376 e. The van der Waals surface area contributed by atoms with Crippen LogP contribution in [-0.2, 0) is 9.53 Å². The smallest absolute Gasteiger partial charge is 0.242 e. The molecule has 1 saturated heterocycles. The van der Waals surface area contributed by atoms with Gasteiger partial charge in [-0.1, -0.05) is 13.8 Å². The van der Waals surface area contributed by atoms with Crippen molar-refractivity contribution in [3.8, 4) is 0 Å². The number of carbonyl (C=O) groups is 1. The molecule has 2 heterocycles. The predicted octanol–water partition coefficient (Wildman–Crippen LogP) is 2.29. The van der Waals surface area contributed by atoms with Crippen molar-refractivity contribution < 1.29 is 9.53 Å². The molecule has 1 aliphatic heterocycles. The molecule has 0 spiro atoms. The summed E-state index contributed by atoms with van der Waals surface area (Å²) in [5.41, 5.74) is 0. The van der Waals surface area contributed by atoms with E-state index in [-0.39, 0.29) is 24.1 Å². The SMILES string of the molecule is CC[C@@H]1CN([C@H](C)C(=O)Nc2ccnn2[C@H](C)CC)CCO1. The standard InChI is InChI=1S/C16H28N4O2/c1-5-12(3)20-15(7-8-17-20)18-16(21)13(4)19-9-10-22-14(6-2)11-19/h7-8,12-14H,5-6,9-11H2,1-4H3,(H,18,21)/t12-,13-,14-/m1/s1. The number of hydrogen-bond acceptors (Lipinski definition) is 4. The van der Waals surface area contributed by atoms with Crippen LogP contribution in [-0.4, -0.2) is 52.4 Å². The number of rotatable bonds is 6. The van der Waals surface area contributed by atoms with Crippen molar-refractivity contribution >= 4 is 11.7 Å². The van der Waals surface area contributed by atoms with Crippen molar-refractivity contribution in [3.05, 3.63) is 12.3 Å². The van der Waals surface area contributed by atoms with E-state index in [1.54, 1.807) is 6.20 Å². The third kappa shape index (κ3) is 3.87. The van der Waals surface area contributed by atoms with Gasteiger partial charge < -0.3 is 10.1 Å². The molecule has 0 saturated carbocycles. The second-order valence-electron chi connectivity index (χ2n) is 5.98. The van der Waals surface area contributed by atoms with Crippen LogP contribution in [0.25, 0.3) is 0 Å². The Kier molecular flexibility index (Phi) is 5.97. The molecule has 1 fully saturated rings. The van der Waals surface area contributed by atoms with Crippen LogP contribution in [0, 0.1) is 0 Å². The maximum absolute atomic E-state index is 12.5. The maximum atomic E-state index is 12.5.